The van der Waals surface area contributed by atoms with Crippen molar-refractivity contribution in [2.75, 3.05) is 38.0 Å². The Hall–Kier alpha value is -3.50. The highest BCUT2D eigenvalue weighted by molar-refractivity contribution is 7.89. The van der Waals surface area contributed by atoms with Gasteiger partial charge in [-0.1, -0.05) is 36.4 Å². The molecular formula is C23H24N4O5S. The number of non-ortho nitro benzene ring substituents is 1. The molecule has 10 heteroatoms. The molecule has 0 radical (unpaired) electrons. The number of anilines is 1. The zero-order valence-corrected chi connectivity index (χ0v) is 18.9. The quantitative estimate of drug-likeness (QED) is 0.440. The number of hydrogen-bond acceptors (Lipinski definition) is 6. The van der Waals surface area contributed by atoms with Gasteiger partial charge in [-0.05, 0) is 35.4 Å². The smallest absolute Gasteiger partial charge is 0.271 e. The van der Waals surface area contributed by atoms with E-state index in [1.54, 1.807) is 36.1 Å². The predicted molar refractivity (Wildman–Crippen MR) is 126 cm³/mol. The van der Waals surface area contributed by atoms with E-state index in [0.29, 0.717) is 5.69 Å². The zero-order valence-electron chi connectivity index (χ0n) is 18.1. The molecule has 0 aliphatic carbocycles. The Bertz CT molecular complexity index is 1320. The number of benzene rings is 3. The van der Waals surface area contributed by atoms with Crippen LogP contribution in [0.2, 0.25) is 0 Å². The Morgan fingerprint density at radius 1 is 1.00 bits per heavy atom. The van der Waals surface area contributed by atoms with Gasteiger partial charge >= 0.3 is 0 Å². The van der Waals surface area contributed by atoms with E-state index in [1.807, 2.05) is 24.3 Å². The number of carbonyl (C=O) groups is 1. The standard InChI is InChI=1S/C23H24N4O5S/c1-17-6-8-20(27(29)30)15-22(17)24-16-23(28)25-10-12-26(13-11-25)33(31,32)21-9-7-18-4-2-3-5-19(18)14-21/h2-9,14-15,24H,10-13,16H2,1H3. The van der Waals surface area contributed by atoms with E-state index in [4.69, 9.17) is 0 Å². The van der Waals surface area contributed by atoms with Crippen LogP contribution in [-0.2, 0) is 14.8 Å². The molecular weight excluding hydrogens is 444 g/mol. The summed E-state index contributed by atoms with van der Waals surface area (Å²) in [7, 11) is -3.66. The molecule has 1 amide bonds. The number of fused-ring (bicyclic) bond motifs is 1. The first kappa shape index (κ1) is 22.7. The van der Waals surface area contributed by atoms with Gasteiger partial charge in [0.15, 0.2) is 0 Å². The lowest BCUT2D eigenvalue weighted by Crippen LogP contribution is -2.51. The van der Waals surface area contributed by atoms with E-state index >= 15 is 0 Å². The summed E-state index contributed by atoms with van der Waals surface area (Å²) in [6.45, 7) is 2.74. The Balaban J connectivity index is 1.37. The largest absolute Gasteiger partial charge is 0.376 e. The van der Waals surface area contributed by atoms with Crippen LogP contribution in [-0.4, -0.2) is 61.2 Å². The highest BCUT2D eigenvalue weighted by Gasteiger charge is 2.30. The molecule has 172 valence electrons. The lowest BCUT2D eigenvalue weighted by atomic mass is 10.1. The molecule has 1 heterocycles. The molecule has 4 rings (SSSR count). The van der Waals surface area contributed by atoms with E-state index in [2.05, 4.69) is 5.32 Å². The lowest BCUT2D eigenvalue weighted by Gasteiger charge is -2.34. The lowest BCUT2D eigenvalue weighted by molar-refractivity contribution is -0.384. The molecule has 0 unspecified atom stereocenters. The topological polar surface area (TPSA) is 113 Å². The van der Waals surface area contributed by atoms with Crippen LogP contribution in [0.15, 0.2) is 65.6 Å². The van der Waals surface area contributed by atoms with Crippen molar-refractivity contribution in [1.82, 2.24) is 9.21 Å². The summed E-state index contributed by atoms with van der Waals surface area (Å²) in [6.07, 6.45) is 0. The van der Waals surface area contributed by atoms with Crippen LogP contribution in [0.3, 0.4) is 0 Å². The second-order valence-corrected chi connectivity index (χ2v) is 9.84. The van der Waals surface area contributed by atoms with Gasteiger partial charge in [-0.15, -0.1) is 0 Å². The van der Waals surface area contributed by atoms with Gasteiger partial charge in [0.2, 0.25) is 15.9 Å². The second kappa shape index (κ2) is 9.16. The van der Waals surface area contributed by atoms with Crippen molar-refractivity contribution >= 4 is 38.1 Å². The molecule has 1 N–H and O–H groups in total. The Morgan fingerprint density at radius 3 is 2.39 bits per heavy atom. The van der Waals surface area contributed by atoms with Crippen molar-refractivity contribution < 1.29 is 18.1 Å². The number of aryl methyl sites for hydroxylation is 1. The molecule has 1 saturated heterocycles. The van der Waals surface area contributed by atoms with Crippen LogP contribution in [0.25, 0.3) is 10.8 Å². The number of hydrogen-bond donors (Lipinski definition) is 1. The maximum Gasteiger partial charge on any atom is 0.271 e. The molecule has 3 aromatic rings. The van der Waals surface area contributed by atoms with E-state index in [0.717, 1.165) is 16.3 Å². The first-order valence-electron chi connectivity index (χ1n) is 10.5. The van der Waals surface area contributed by atoms with Crippen molar-refractivity contribution in [1.29, 1.82) is 0 Å². The SMILES string of the molecule is Cc1ccc([N+](=O)[O-])cc1NCC(=O)N1CCN(S(=O)(=O)c2ccc3ccccc3c2)CC1. The highest BCUT2D eigenvalue weighted by Crippen LogP contribution is 2.24. The Labute approximate surface area is 191 Å². The third-order valence-electron chi connectivity index (χ3n) is 5.81. The van der Waals surface area contributed by atoms with E-state index in [9.17, 15) is 23.3 Å². The summed E-state index contributed by atoms with van der Waals surface area (Å²) in [5, 5.41) is 15.8. The average molecular weight is 469 g/mol. The monoisotopic (exact) mass is 468 g/mol. The molecule has 3 aromatic carbocycles. The molecule has 9 nitrogen and oxygen atoms in total. The van der Waals surface area contributed by atoms with Crippen LogP contribution in [0.1, 0.15) is 5.56 Å². The minimum Gasteiger partial charge on any atom is -0.376 e. The third kappa shape index (κ3) is 4.81. The first-order valence-corrected chi connectivity index (χ1v) is 12.0. The van der Waals surface area contributed by atoms with Gasteiger partial charge in [0, 0.05) is 44.0 Å². The highest BCUT2D eigenvalue weighted by atomic mass is 32.2. The fourth-order valence-corrected chi connectivity index (χ4v) is 5.31. The number of piperazine rings is 1. The maximum absolute atomic E-state index is 13.1. The van der Waals surface area contributed by atoms with E-state index < -0.39 is 14.9 Å². The number of sulfonamides is 1. The summed E-state index contributed by atoms with van der Waals surface area (Å²) in [6, 6.07) is 17.1. The predicted octanol–water partition coefficient (Wildman–Crippen LogP) is 3.00. The molecule has 1 fully saturated rings. The van der Waals surface area contributed by atoms with Gasteiger partial charge in [-0.3, -0.25) is 14.9 Å². The first-order chi connectivity index (χ1) is 15.8. The fourth-order valence-electron chi connectivity index (χ4n) is 3.85. The van der Waals surface area contributed by atoms with Crippen LogP contribution < -0.4 is 5.32 Å². The van der Waals surface area contributed by atoms with Crippen LogP contribution in [0.5, 0.6) is 0 Å². The van der Waals surface area contributed by atoms with Crippen molar-refractivity contribution in [3.05, 3.63) is 76.3 Å². The minimum absolute atomic E-state index is 0.0283. The minimum atomic E-state index is -3.66. The van der Waals surface area contributed by atoms with E-state index in [1.165, 1.54) is 16.4 Å². The number of nitrogens with one attached hydrogen (secondary N) is 1. The summed E-state index contributed by atoms with van der Waals surface area (Å²) in [5.74, 6) is -0.191. The normalized spacial score (nSPS) is 14.9. The van der Waals surface area contributed by atoms with Gasteiger partial charge in [0.25, 0.3) is 5.69 Å². The Morgan fingerprint density at radius 2 is 1.70 bits per heavy atom. The van der Waals surface area contributed by atoms with Gasteiger partial charge < -0.3 is 10.2 Å². The average Bonchev–Trinajstić information content (AvgIpc) is 2.83. The van der Waals surface area contributed by atoms with Crippen molar-refractivity contribution in [2.24, 2.45) is 0 Å². The number of amides is 1. The Kier molecular flexibility index (Phi) is 6.30. The summed E-state index contributed by atoms with van der Waals surface area (Å²) in [4.78, 5) is 25.0. The van der Waals surface area contributed by atoms with Crippen molar-refractivity contribution in [3.8, 4) is 0 Å². The van der Waals surface area contributed by atoms with Gasteiger partial charge in [-0.2, -0.15) is 4.31 Å². The van der Waals surface area contributed by atoms with Gasteiger partial charge in [-0.25, -0.2) is 8.42 Å². The number of carbonyl (C=O) groups excluding carboxylic acids is 1. The number of nitrogens with zero attached hydrogens (tertiary/aromatic N) is 3. The molecule has 1 aliphatic rings. The molecule has 0 atom stereocenters. The number of nitro groups is 1. The van der Waals surface area contributed by atoms with Crippen LogP contribution in [0, 0.1) is 17.0 Å². The van der Waals surface area contributed by atoms with Gasteiger partial charge in [0.1, 0.15) is 0 Å². The third-order valence-corrected chi connectivity index (χ3v) is 7.71. The van der Waals surface area contributed by atoms with Crippen molar-refractivity contribution in [3.63, 3.8) is 0 Å². The van der Waals surface area contributed by atoms with Gasteiger partial charge in [0.05, 0.1) is 16.4 Å². The van der Waals surface area contributed by atoms with E-state index in [-0.39, 0.29) is 49.2 Å². The summed E-state index contributed by atoms with van der Waals surface area (Å²) in [5.41, 5.74) is 1.26. The molecule has 1 aliphatic heterocycles. The molecule has 0 saturated carbocycles. The zero-order chi connectivity index (χ0) is 23.6. The second-order valence-electron chi connectivity index (χ2n) is 7.90. The van der Waals surface area contributed by atoms with Crippen LogP contribution in [0.4, 0.5) is 11.4 Å². The molecule has 0 bridgehead atoms. The number of nitro benzene ring substituents is 1. The van der Waals surface area contributed by atoms with Crippen molar-refractivity contribution in [2.45, 2.75) is 11.8 Å². The maximum atomic E-state index is 13.1. The fraction of sp³-hybridized carbons (Fsp3) is 0.261. The summed E-state index contributed by atoms with van der Waals surface area (Å²) < 4.78 is 27.6. The summed E-state index contributed by atoms with van der Waals surface area (Å²) >= 11 is 0. The van der Waals surface area contributed by atoms with Crippen LogP contribution >= 0.6 is 0 Å². The molecule has 33 heavy (non-hydrogen) atoms. The molecule has 0 aromatic heterocycles. The number of rotatable bonds is 6. The molecule has 0 spiro atoms.